The predicted octanol–water partition coefficient (Wildman–Crippen LogP) is 1.34. The van der Waals surface area contributed by atoms with E-state index in [1.54, 1.807) is 0 Å². The van der Waals surface area contributed by atoms with Gasteiger partial charge in [-0.15, -0.1) is 0 Å². The Morgan fingerprint density at radius 2 is 1.86 bits per heavy atom. The quantitative estimate of drug-likeness (QED) is 0.525. The maximum atomic E-state index is 10.4. The topological polar surface area (TPSA) is 95.1 Å². The molecule has 0 saturated heterocycles. The average molecular weight is 228 g/mol. The van der Waals surface area contributed by atoms with Gasteiger partial charge in [-0.2, -0.15) is 8.42 Å². The molecule has 0 heterocycles. The van der Waals surface area contributed by atoms with Crippen molar-refractivity contribution in [3.8, 4) is 0 Å². The van der Waals surface area contributed by atoms with Crippen molar-refractivity contribution in [2.45, 2.75) is 52.1 Å². The normalized spacial score (nSPS) is 13.4. The summed E-state index contributed by atoms with van der Waals surface area (Å²) < 4.78 is 33.6. The fraction of sp³-hybridized carbons (Fsp3) is 1.00. The zero-order valence-electron chi connectivity index (χ0n) is 8.69. The van der Waals surface area contributed by atoms with Gasteiger partial charge in [0.05, 0.1) is 6.10 Å². The molecule has 0 fully saturated rings. The van der Waals surface area contributed by atoms with Crippen molar-refractivity contribution >= 4 is 10.4 Å². The van der Waals surface area contributed by atoms with Crippen LogP contribution < -0.4 is 0 Å². The molecule has 1 atom stereocenters. The Hall–Kier alpha value is -0.170. The first-order valence-corrected chi connectivity index (χ1v) is 6.01. The molecule has 0 aliphatic heterocycles. The second-order valence-electron chi connectivity index (χ2n) is 3.05. The second-order valence-corrected chi connectivity index (χ2v) is 4.10. The van der Waals surface area contributed by atoms with Crippen LogP contribution in [0.5, 0.6) is 0 Å². The van der Waals surface area contributed by atoms with Crippen molar-refractivity contribution < 1.29 is 22.6 Å². The van der Waals surface area contributed by atoms with Crippen LogP contribution in [0.3, 0.4) is 0 Å². The zero-order chi connectivity index (χ0) is 10.3. The molecular weight excluding hydrogens is 208 g/mol. The molecule has 0 aliphatic rings. The molecule has 0 aromatic rings. The monoisotopic (exact) mass is 228 g/mol. The third-order valence-corrected chi connectivity index (χ3v) is 2.36. The van der Waals surface area contributed by atoms with Gasteiger partial charge in [0.25, 0.3) is 0 Å². The highest BCUT2D eigenvalue weighted by Crippen LogP contribution is 2.11. The Morgan fingerprint density at radius 3 is 2.21 bits per heavy atom. The summed E-state index contributed by atoms with van der Waals surface area (Å²) in [5, 5.41) is 0. The highest BCUT2D eigenvalue weighted by molar-refractivity contribution is 7.80. The molecule has 0 saturated carbocycles. The maximum absolute atomic E-state index is 10.4. The Kier molecular flexibility index (Phi) is 9.49. The highest BCUT2D eigenvalue weighted by Gasteiger charge is 2.14. The fourth-order valence-corrected chi connectivity index (χ4v) is 1.69. The molecule has 0 aliphatic carbocycles. The van der Waals surface area contributed by atoms with Crippen LogP contribution in [-0.4, -0.2) is 24.6 Å². The van der Waals surface area contributed by atoms with Crippen LogP contribution in [-0.2, 0) is 14.6 Å². The molecule has 1 unspecified atom stereocenters. The highest BCUT2D eigenvalue weighted by atomic mass is 32.3. The van der Waals surface area contributed by atoms with E-state index in [-0.39, 0.29) is 11.6 Å². The lowest BCUT2D eigenvalue weighted by Gasteiger charge is -2.12. The third-order valence-electron chi connectivity index (χ3n) is 1.84. The summed E-state index contributed by atoms with van der Waals surface area (Å²) in [6.07, 6.45) is 3.99. The van der Waals surface area contributed by atoms with Gasteiger partial charge in [-0.1, -0.05) is 33.1 Å². The third kappa shape index (κ3) is 9.91. The van der Waals surface area contributed by atoms with E-state index in [1.165, 1.54) is 0 Å². The van der Waals surface area contributed by atoms with E-state index in [0.717, 1.165) is 19.3 Å². The van der Waals surface area contributed by atoms with E-state index in [0.29, 0.717) is 12.8 Å². The summed E-state index contributed by atoms with van der Waals surface area (Å²) in [5.74, 6) is 0. The molecule has 0 bridgehead atoms. The zero-order valence-corrected chi connectivity index (χ0v) is 9.51. The lowest BCUT2D eigenvalue weighted by molar-refractivity contribution is 0.165. The number of hydrogen-bond donors (Lipinski definition) is 1. The van der Waals surface area contributed by atoms with E-state index in [9.17, 15) is 8.42 Å². The van der Waals surface area contributed by atoms with Gasteiger partial charge in [0.2, 0.25) is 0 Å². The summed E-state index contributed by atoms with van der Waals surface area (Å²) in [4.78, 5) is 0. The summed E-state index contributed by atoms with van der Waals surface area (Å²) in [7, 11) is -4.27. The maximum Gasteiger partial charge on any atom is 0.397 e. The van der Waals surface area contributed by atoms with Gasteiger partial charge in [-0.05, 0) is 12.8 Å². The van der Waals surface area contributed by atoms with Gasteiger partial charge in [0, 0.05) is 0 Å². The Morgan fingerprint density at radius 1 is 1.29 bits per heavy atom. The lowest BCUT2D eigenvalue weighted by atomic mass is 10.1. The first-order valence-electron chi connectivity index (χ1n) is 4.65. The molecule has 0 spiro atoms. The van der Waals surface area contributed by atoms with Gasteiger partial charge in [0.15, 0.2) is 0 Å². The average Bonchev–Trinajstić information content (AvgIpc) is 2.01. The first-order chi connectivity index (χ1) is 5.99. The van der Waals surface area contributed by atoms with E-state index in [2.05, 4.69) is 11.1 Å². The van der Waals surface area contributed by atoms with Crippen LogP contribution in [0, 0.1) is 0 Å². The van der Waals surface area contributed by atoms with Crippen molar-refractivity contribution in [2.75, 3.05) is 0 Å². The van der Waals surface area contributed by atoms with Crippen molar-refractivity contribution in [3.05, 3.63) is 0 Å². The van der Waals surface area contributed by atoms with Gasteiger partial charge in [-0.3, -0.25) is 4.55 Å². The number of unbranched alkanes of at least 4 members (excludes halogenated alkanes) is 2. The molecular formula is C8H20O5S. The van der Waals surface area contributed by atoms with Crippen LogP contribution in [0.4, 0.5) is 0 Å². The molecule has 6 heteroatoms. The largest absolute Gasteiger partial charge is 0.412 e. The van der Waals surface area contributed by atoms with Crippen LogP contribution in [0.15, 0.2) is 0 Å². The van der Waals surface area contributed by atoms with E-state index >= 15 is 0 Å². The summed E-state index contributed by atoms with van der Waals surface area (Å²) in [6.45, 7) is 3.91. The summed E-state index contributed by atoms with van der Waals surface area (Å²) in [5.41, 5.74) is 0. The number of hydrogen-bond acceptors (Lipinski definition) is 3. The fourth-order valence-electron chi connectivity index (χ4n) is 1.11. The van der Waals surface area contributed by atoms with Gasteiger partial charge >= 0.3 is 10.4 Å². The second kappa shape index (κ2) is 8.16. The molecule has 0 aromatic carbocycles. The minimum Gasteiger partial charge on any atom is -0.412 e. The number of rotatable bonds is 7. The smallest absolute Gasteiger partial charge is 0.397 e. The van der Waals surface area contributed by atoms with E-state index in [1.807, 2.05) is 6.92 Å². The standard InChI is InChI=1S/C8H18O4S.H2O/c1-3-5-6-7-8(4-2)12-13(9,10)11;/h8H,3-7H2,1-2H3,(H,9,10,11);1H2. The minimum absolute atomic E-state index is 0. The molecule has 14 heavy (non-hydrogen) atoms. The molecule has 0 aromatic heterocycles. The Bertz CT molecular complexity index is 212. The first kappa shape index (κ1) is 16.3. The summed E-state index contributed by atoms with van der Waals surface area (Å²) >= 11 is 0. The van der Waals surface area contributed by atoms with Crippen molar-refractivity contribution in [1.29, 1.82) is 0 Å². The van der Waals surface area contributed by atoms with Crippen LogP contribution in [0.1, 0.15) is 46.0 Å². The molecule has 0 amide bonds. The van der Waals surface area contributed by atoms with Crippen molar-refractivity contribution in [1.82, 2.24) is 0 Å². The predicted molar refractivity (Wildman–Crippen MR) is 54.5 cm³/mol. The molecule has 0 radical (unpaired) electrons. The lowest BCUT2D eigenvalue weighted by Crippen LogP contribution is -2.16. The van der Waals surface area contributed by atoms with Crippen molar-refractivity contribution in [2.24, 2.45) is 0 Å². The van der Waals surface area contributed by atoms with E-state index < -0.39 is 10.4 Å². The molecule has 0 rings (SSSR count). The van der Waals surface area contributed by atoms with E-state index in [4.69, 9.17) is 4.55 Å². The SMILES string of the molecule is CCCCCC(CC)OS(=O)(=O)O.O. The summed E-state index contributed by atoms with van der Waals surface area (Å²) in [6, 6.07) is 0. The van der Waals surface area contributed by atoms with Gasteiger partial charge in [0.1, 0.15) is 0 Å². The molecule has 88 valence electrons. The Balaban J connectivity index is 0. The minimum atomic E-state index is -4.27. The Labute approximate surface area is 85.7 Å². The van der Waals surface area contributed by atoms with Crippen LogP contribution in [0.2, 0.25) is 0 Å². The molecule has 3 N–H and O–H groups in total. The van der Waals surface area contributed by atoms with Gasteiger partial charge < -0.3 is 5.48 Å². The van der Waals surface area contributed by atoms with Gasteiger partial charge in [-0.25, -0.2) is 4.18 Å². The van der Waals surface area contributed by atoms with Crippen molar-refractivity contribution in [3.63, 3.8) is 0 Å². The van der Waals surface area contributed by atoms with Crippen LogP contribution >= 0.6 is 0 Å². The molecule has 5 nitrogen and oxygen atoms in total. The van der Waals surface area contributed by atoms with Crippen LogP contribution in [0.25, 0.3) is 0 Å².